The molecule has 0 spiro atoms. The number of nitrogens with one attached hydrogen (secondary N) is 1. The highest BCUT2D eigenvalue weighted by Gasteiger charge is 2.09. The molecular formula is C19H21N7. The maximum absolute atomic E-state index is 4.70. The van der Waals surface area contributed by atoms with Crippen LogP contribution in [0.15, 0.2) is 43.1 Å². The first-order chi connectivity index (χ1) is 12.5. The van der Waals surface area contributed by atoms with Gasteiger partial charge >= 0.3 is 0 Å². The number of nitrogens with zero attached hydrogens (tertiary/aromatic N) is 6. The molecule has 0 saturated carbocycles. The van der Waals surface area contributed by atoms with E-state index >= 15 is 0 Å². The Labute approximate surface area is 151 Å². The van der Waals surface area contributed by atoms with Crippen molar-refractivity contribution in [2.45, 2.75) is 26.8 Å². The predicted molar refractivity (Wildman–Crippen MR) is 102 cm³/mol. The van der Waals surface area contributed by atoms with Crippen LogP contribution >= 0.6 is 0 Å². The Kier molecular flexibility index (Phi) is 3.91. The number of aromatic nitrogens is 6. The van der Waals surface area contributed by atoms with Gasteiger partial charge in [-0.05, 0) is 39.0 Å². The van der Waals surface area contributed by atoms with Crippen molar-refractivity contribution in [3.63, 3.8) is 0 Å². The van der Waals surface area contributed by atoms with Crippen molar-refractivity contribution < 1.29 is 0 Å². The van der Waals surface area contributed by atoms with Crippen LogP contribution in [0.4, 0.5) is 11.6 Å². The van der Waals surface area contributed by atoms with Crippen LogP contribution in [0, 0.1) is 6.92 Å². The molecule has 7 nitrogen and oxygen atoms in total. The molecular weight excluding hydrogens is 326 g/mol. The number of fused-ring (bicyclic) bond motifs is 1. The molecule has 7 heteroatoms. The highest BCUT2D eigenvalue weighted by molar-refractivity contribution is 5.82. The SMILES string of the molecule is Cc1nn(C)cc1-c1cnc2ccc(Nc3cn(C(C)C)cn3)nc2c1. The van der Waals surface area contributed by atoms with E-state index in [-0.39, 0.29) is 0 Å². The summed E-state index contributed by atoms with van der Waals surface area (Å²) in [5, 5.41) is 7.66. The van der Waals surface area contributed by atoms with E-state index in [0.717, 1.165) is 39.5 Å². The Morgan fingerprint density at radius 2 is 1.88 bits per heavy atom. The Bertz CT molecular complexity index is 1070. The minimum Gasteiger partial charge on any atom is -0.333 e. The molecule has 132 valence electrons. The molecule has 0 radical (unpaired) electrons. The minimum absolute atomic E-state index is 0.372. The van der Waals surface area contributed by atoms with Crippen molar-refractivity contribution in [2.24, 2.45) is 7.05 Å². The first-order valence-electron chi connectivity index (χ1n) is 8.57. The molecule has 26 heavy (non-hydrogen) atoms. The van der Waals surface area contributed by atoms with Gasteiger partial charge in [-0.1, -0.05) is 0 Å². The normalized spacial score (nSPS) is 11.4. The predicted octanol–water partition coefficient (Wildman–Crippen LogP) is 3.86. The summed E-state index contributed by atoms with van der Waals surface area (Å²) >= 11 is 0. The Hall–Kier alpha value is -3.22. The molecule has 0 aromatic carbocycles. The number of hydrogen-bond donors (Lipinski definition) is 1. The molecule has 0 atom stereocenters. The van der Waals surface area contributed by atoms with Gasteiger partial charge in [0.05, 0.1) is 23.1 Å². The van der Waals surface area contributed by atoms with Gasteiger partial charge < -0.3 is 9.88 Å². The van der Waals surface area contributed by atoms with Gasteiger partial charge in [-0.2, -0.15) is 5.10 Å². The van der Waals surface area contributed by atoms with Crippen molar-refractivity contribution in [3.8, 4) is 11.1 Å². The largest absolute Gasteiger partial charge is 0.333 e. The average Bonchev–Trinajstić information content (AvgIpc) is 3.20. The fourth-order valence-corrected chi connectivity index (χ4v) is 2.92. The van der Waals surface area contributed by atoms with Crippen molar-refractivity contribution in [2.75, 3.05) is 5.32 Å². The van der Waals surface area contributed by atoms with Crippen LogP contribution in [0.2, 0.25) is 0 Å². The Morgan fingerprint density at radius 3 is 2.58 bits per heavy atom. The van der Waals surface area contributed by atoms with Gasteiger partial charge in [0.1, 0.15) is 11.6 Å². The molecule has 4 aromatic heterocycles. The second kappa shape index (κ2) is 6.25. The fourth-order valence-electron chi connectivity index (χ4n) is 2.92. The van der Waals surface area contributed by atoms with Crippen molar-refractivity contribution in [3.05, 3.63) is 48.8 Å². The first-order valence-corrected chi connectivity index (χ1v) is 8.57. The molecule has 1 N–H and O–H groups in total. The summed E-state index contributed by atoms with van der Waals surface area (Å²) in [6.07, 6.45) is 7.66. The van der Waals surface area contributed by atoms with Gasteiger partial charge in [0.25, 0.3) is 0 Å². The summed E-state index contributed by atoms with van der Waals surface area (Å²) in [7, 11) is 1.92. The highest BCUT2D eigenvalue weighted by atomic mass is 15.2. The lowest BCUT2D eigenvalue weighted by atomic mass is 10.1. The molecule has 0 aliphatic carbocycles. The van der Waals surface area contributed by atoms with Gasteiger partial charge in [0.2, 0.25) is 0 Å². The van der Waals surface area contributed by atoms with Crippen LogP contribution in [0.3, 0.4) is 0 Å². The maximum Gasteiger partial charge on any atom is 0.149 e. The van der Waals surface area contributed by atoms with Crippen molar-refractivity contribution in [1.82, 2.24) is 29.3 Å². The topological polar surface area (TPSA) is 73.5 Å². The molecule has 4 rings (SSSR count). The Balaban J connectivity index is 1.68. The van der Waals surface area contributed by atoms with Gasteiger partial charge in [-0.3, -0.25) is 9.67 Å². The zero-order valence-corrected chi connectivity index (χ0v) is 15.3. The molecule has 0 unspecified atom stereocenters. The number of rotatable bonds is 4. The quantitative estimate of drug-likeness (QED) is 0.607. The van der Waals surface area contributed by atoms with E-state index in [9.17, 15) is 0 Å². The molecule has 0 aliphatic heterocycles. The lowest BCUT2D eigenvalue weighted by molar-refractivity contribution is 0.600. The summed E-state index contributed by atoms with van der Waals surface area (Å²) < 4.78 is 3.86. The third-order valence-electron chi connectivity index (χ3n) is 4.32. The van der Waals surface area contributed by atoms with Gasteiger partial charge in [-0.15, -0.1) is 0 Å². The van der Waals surface area contributed by atoms with Crippen LogP contribution in [0.25, 0.3) is 22.2 Å². The number of hydrogen-bond acceptors (Lipinski definition) is 5. The molecule has 0 amide bonds. The summed E-state index contributed by atoms with van der Waals surface area (Å²) in [6.45, 7) is 6.23. The number of imidazole rings is 1. The van der Waals surface area contributed by atoms with Crippen LogP contribution in [0.1, 0.15) is 25.6 Å². The van der Waals surface area contributed by atoms with E-state index in [1.54, 1.807) is 0 Å². The van der Waals surface area contributed by atoms with E-state index < -0.39 is 0 Å². The van der Waals surface area contributed by atoms with Crippen LogP contribution in [0.5, 0.6) is 0 Å². The number of pyridine rings is 2. The van der Waals surface area contributed by atoms with E-state index in [2.05, 4.69) is 34.2 Å². The van der Waals surface area contributed by atoms with Crippen molar-refractivity contribution >= 4 is 22.7 Å². The third kappa shape index (κ3) is 3.03. The first kappa shape index (κ1) is 16.3. The highest BCUT2D eigenvalue weighted by Crippen LogP contribution is 2.25. The Morgan fingerprint density at radius 1 is 1.04 bits per heavy atom. The average molecular weight is 347 g/mol. The van der Waals surface area contributed by atoms with Gasteiger partial charge in [-0.25, -0.2) is 9.97 Å². The van der Waals surface area contributed by atoms with E-state index in [1.807, 2.05) is 66.3 Å². The second-order valence-electron chi connectivity index (χ2n) is 6.69. The summed E-state index contributed by atoms with van der Waals surface area (Å²) in [5.74, 6) is 1.52. The van der Waals surface area contributed by atoms with Crippen molar-refractivity contribution in [1.29, 1.82) is 0 Å². The molecule has 0 bridgehead atoms. The molecule has 0 fully saturated rings. The maximum atomic E-state index is 4.70. The second-order valence-corrected chi connectivity index (χ2v) is 6.69. The lowest BCUT2D eigenvalue weighted by Gasteiger charge is -2.06. The molecule has 4 aromatic rings. The summed E-state index contributed by atoms with van der Waals surface area (Å²) in [4.78, 5) is 13.6. The third-order valence-corrected chi connectivity index (χ3v) is 4.32. The smallest absolute Gasteiger partial charge is 0.149 e. The van der Waals surface area contributed by atoms with Crippen LogP contribution in [-0.4, -0.2) is 29.3 Å². The lowest BCUT2D eigenvalue weighted by Crippen LogP contribution is -1.97. The number of anilines is 2. The summed E-state index contributed by atoms with van der Waals surface area (Å²) in [5.41, 5.74) is 4.74. The zero-order chi connectivity index (χ0) is 18.3. The molecule has 0 aliphatic rings. The van der Waals surface area contributed by atoms with Gasteiger partial charge in [0.15, 0.2) is 0 Å². The van der Waals surface area contributed by atoms with E-state index in [4.69, 9.17) is 4.98 Å². The molecule has 0 saturated heterocycles. The molecule has 4 heterocycles. The van der Waals surface area contributed by atoms with Gasteiger partial charge in [0, 0.05) is 42.8 Å². The monoisotopic (exact) mass is 347 g/mol. The van der Waals surface area contributed by atoms with Crippen LogP contribution < -0.4 is 5.32 Å². The van der Waals surface area contributed by atoms with E-state index in [0.29, 0.717) is 6.04 Å². The standard InChI is InChI=1S/C19H21N7/c1-12(2)26-10-19(21-11-26)23-18-6-5-16-17(22-18)7-14(8-20-16)15-9-25(4)24-13(15)3/h5-12H,1-4H3,(H,22,23). The van der Waals surface area contributed by atoms with Crippen LogP contribution in [-0.2, 0) is 7.05 Å². The zero-order valence-electron chi connectivity index (χ0n) is 15.3. The van der Waals surface area contributed by atoms with E-state index in [1.165, 1.54) is 0 Å². The number of aryl methyl sites for hydroxylation is 2. The minimum atomic E-state index is 0.372. The fraction of sp³-hybridized carbons (Fsp3) is 0.263. The summed E-state index contributed by atoms with van der Waals surface area (Å²) in [6, 6.07) is 6.30.